The first-order valence-electron chi connectivity index (χ1n) is 6.20. The quantitative estimate of drug-likeness (QED) is 0.761. The van der Waals surface area contributed by atoms with E-state index in [0.717, 1.165) is 5.56 Å². The maximum Gasteiger partial charge on any atom is 0.323 e. The smallest absolute Gasteiger partial charge is 0.323 e. The Hall–Kier alpha value is -2.47. The number of aryl methyl sites for hydroxylation is 1. The van der Waals surface area contributed by atoms with E-state index in [1.807, 2.05) is 25.1 Å². The molecule has 0 aliphatic rings. The average molecular weight is 303 g/mol. The van der Waals surface area contributed by atoms with Crippen molar-refractivity contribution in [1.82, 2.24) is 0 Å². The third-order valence-electron chi connectivity index (χ3n) is 2.78. The molecular weight excluding hydrogens is 289 g/mol. The predicted octanol–water partition coefficient (Wildman–Crippen LogP) is 3.41. The fourth-order valence-corrected chi connectivity index (χ4v) is 2.09. The molecule has 0 saturated carbocycles. The molecule has 0 aliphatic carbocycles. The van der Waals surface area contributed by atoms with Gasteiger partial charge in [0, 0.05) is 5.69 Å². The van der Waals surface area contributed by atoms with Gasteiger partial charge in [-0.3, -0.25) is 0 Å². The van der Waals surface area contributed by atoms with Crippen LogP contribution in [-0.2, 0) is 0 Å². The van der Waals surface area contributed by atoms with Gasteiger partial charge in [0.25, 0.3) is 0 Å². The molecule has 0 heterocycles. The van der Waals surface area contributed by atoms with Gasteiger partial charge in [0.1, 0.15) is 10.8 Å². The van der Waals surface area contributed by atoms with Crippen LogP contribution < -0.4 is 16.4 Å². The molecule has 2 aromatic carbocycles. The Morgan fingerprint density at radius 2 is 1.90 bits per heavy atom. The molecule has 21 heavy (non-hydrogen) atoms. The minimum Gasteiger partial charge on any atom is -0.389 e. The molecule has 0 fully saturated rings. The lowest BCUT2D eigenvalue weighted by Gasteiger charge is -2.12. The first kappa shape index (κ1) is 14.9. The highest BCUT2D eigenvalue weighted by molar-refractivity contribution is 7.80. The van der Waals surface area contributed by atoms with E-state index < -0.39 is 11.8 Å². The second kappa shape index (κ2) is 6.32. The van der Waals surface area contributed by atoms with Gasteiger partial charge in [-0.15, -0.1) is 0 Å². The summed E-state index contributed by atoms with van der Waals surface area (Å²) >= 11 is 4.80. The normalized spacial score (nSPS) is 10.0. The number of halogens is 1. The van der Waals surface area contributed by atoms with Crippen LogP contribution in [0.2, 0.25) is 0 Å². The highest BCUT2D eigenvalue weighted by atomic mass is 32.1. The zero-order chi connectivity index (χ0) is 15.4. The Morgan fingerprint density at radius 3 is 2.57 bits per heavy atom. The van der Waals surface area contributed by atoms with E-state index >= 15 is 0 Å². The molecule has 0 atom stereocenters. The Labute approximate surface area is 127 Å². The van der Waals surface area contributed by atoms with Crippen molar-refractivity contribution in [1.29, 1.82) is 0 Å². The molecule has 0 unspecified atom stereocenters. The summed E-state index contributed by atoms with van der Waals surface area (Å²) in [5.74, 6) is -0.573. The van der Waals surface area contributed by atoms with Crippen LogP contribution in [0.3, 0.4) is 0 Å². The second-order valence-corrected chi connectivity index (χ2v) is 4.92. The summed E-state index contributed by atoms with van der Waals surface area (Å²) in [5, 5.41) is 5.20. The number of benzene rings is 2. The molecule has 0 radical (unpaired) electrons. The zero-order valence-corrected chi connectivity index (χ0v) is 12.1. The molecule has 108 valence electrons. The van der Waals surface area contributed by atoms with Crippen LogP contribution in [0, 0.1) is 12.7 Å². The number of carbonyl (C=O) groups excluding carboxylic acids is 1. The number of nitrogens with one attached hydrogen (secondary N) is 2. The van der Waals surface area contributed by atoms with Crippen LogP contribution in [0.15, 0.2) is 42.5 Å². The van der Waals surface area contributed by atoms with Gasteiger partial charge in [0.05, 0.1) is 11.3 Å². The predicted molar refractivity (Wildman–Crippen MR) is 86.1 cm³/mol. The maximum atomic E-state index is 13.7. The van der Waals surface area contributed by atoms with E-state index in [1.54, 1.807) is 6.07 Å². The summed E-state index contributed by atoms with van der Waals surface area (Å²) < 4.78 is 13.7. The van der Waals surface area contributed by atoms with Crippen molar-refractivity contribution in [2.75, 3.05) is 10.6 Å². The number of urea groups is 1. The van der Waals surface area contributed by atoms with E-state index in [4.69, 9.17) is 18.0 Å². The van der Waals surface area contributed by atoms with Gasteiger partial charge in [0.15, 0.2) is 0 Å². The maximum absolute atomic E-state index is 13.7. The van der Waals surface area contributed by atoms with Gasteiger partial charge >= 0.3 is 6.03 Å². The Bertz CT molecular complexity index is 703. The van der Waals surface area contributed by atoms with Crippen molar-refractivity contribution >= 4 is 34.6 Å². The molecule has 4 nitrogen and oxygen atoms in total. The van der Waals surface area contributed by atoms with Crippen LogP contribution in [0.4, 0.5) is 20.6 Å². The fourth-order valence-electron chi connectivity index (χ4n) is 1.89. The Morgan fingerprint density at radius 1 is 1.19 bits per heavy atom. The summed E-state index contributed by atoms with van der Waals surface area (Å²) in [7, 11) is 0. The van der Waals surface area contributed by atoms with E-state index in [1.165, 1.54) is 18.2 Å². The number of amides is 2. The molecule has 2 aromatic rings. The number of anilines is 2. The SMILES string of the molecule is Cc1cccc(NC(=O)Nc2cccc(F)c2C(N)=S)c1. The van der Waals surface area contributed by atoms with Gasteiger partial charge in [0.2, 0.25) is 0 Å². The summed E-state index contributed by atoms with van der Waals surface area (Å²) in [6, 6.07) is 11.1. The first-order chi connectivity index (χ1) is 9.97. The molecule has 0 saturated heterocycles. The van der Waals surface area contributed by atoms with E-state index in [-0.39, 0.29) is 16.2 Å². The molecule has 0 aromatic heterocycles. The lowest BCUT2D eigenvalue weighted by atomic mass is 10.1. The zero-order valence-electron chi connectivity index (χ0n) is 11.3. The van der Waals surface area contributed by atoms with Gasteiger partial charge in [-0.2, -0.15) is 0 Å². The third kappa shape index (κ3) is 3.76. The largest absolute Gasteiger partial charge is 0.389 e. The molecule has 2 amide bonds. The molecule has 0 spiro atoms. The molecule has 0 aliphatic heterocycles. The second-order valence-electron chi connectivity index (χ2n) is 4.48. The summed E-state index contributed by atoms with van der Waals surface area (Å²) in [6.45, 7) is 1.92. The highest BCUT2D eigenvalue weighted by Gasteiger charge is 2.13. The van der Waals surface area contributed by atoms with Crippen molar-refractivity contribution in [2.24, 2.45) is 5.73 Å². The Balaban J connectivity index is 2.17. The average Bonchev–Trinajstić information content (AvgIpc) is 2.37. The molecule has 0 bridgehead atoms. The lowest BCUT2D eigenvalue weighted by molar-refractivity contribution is 0.262. The first-order valence-corrected chi connectivity index (χ1v) is 6.61. The third-order valence-corrected chi connectivity index (χ3v) is 2.99. The van der Waals surface area contributed by atoms with Crippen LogP contribution >= 0.6 is 12.2 Å². The van der Waals surface area contributed by atoms with Crippen LogP contribution in [0.25, 0.3) is 0 Å². The van der Waals surface area contributed by atoms with Gasteiger partial charge in [-0.25, -0.2) is 9.18 Å². The summed E-state index contributed by atoms with van der Waals surface area (Å²) in [4.78, 5) is 11.8. The van der Waals surface area contributed by atoms with Gasteiger partial charge in [-0.1, -0.05) is 30.4 Å². The fraction of sp³-hybridized carbons (Fsp3) is 0.0667. The minimum absolute atomic E-state index is 0.0203. The Kier molecular flexibility index (Phi) is 4.49. The standard InChI is InChI=1S/C15H14FN3OS/c1-9-4-2-5-10(8-9)18-15(20)19-12-7-3-6-11(16)13(12)14(17)21/h2-8H,1H3,(H2,17,21)(H2,18,19,20). The van der Waals surface area contributed by atoms with E-state index in [9.17, 15) is 9.18 Å². The monoisotopic (exact) mass is 303 g/mol. The number of rotatable bonds is 3. The molecule has 6 heteroatoms. The topological polar surface area (TPSA) is 67.2 Å². The lowest BCUT2D eigenvalue weighted by Crippen LogP contribution is -2.23. The van der Waals surface area contributed by atoms with Crippen molar-refractivity contribution in [2.45, 2.75) is 6.92 Å². The van der Waals surface area contributed by atoms with Crippen LogP contribution in [0.1, 0.15) is 11.1 Å². The van der Waals surface area contributed by atoms with Crippen LogP contribution in [0.5, 0.6) is 0 Å². The van der Waals surface area contributed by atoms with Gasteiger partial charge in [-0.05, 0) is 36.8 Å². The van der Waals surface area contributed by atoms with E-state index in [0.29, 0.717) is 5.69 Å². The minimum atomic E-state index is -0.573. The summed E-state index contributed by atoms with van der Waals surface area (Å²) in [6.07, 6.45) is 0. The number of hydrogen-bond acceptors (Lipinski definition) is 2. The van der Waals surface area contributed by atoms with Crippen LogP contribution in [-0.4, -0.2) is 11.0 Å². The van der Waals surface area contributed by atoms with Crippen molar-refractivity contribution in [3.63, 3.8) is 0 Å². The van der Waals surface area contributed by atoms with Crippen molar-refractivity contribution in [3.8, 4) is 0 Å². The van der Waals surface area contributed by atoms with Crippen molar-refractivity contribution in [3.05, 3.63) is 59.4 Å². The molecular formula is C15H14FN3OS. The van der Waals surface area contributed by atoms with E-state index in [2.05, 4.69) is 10.6 Å². The van der Waals surface area contributed by atoms with Gasteiger partial charge < -0.3 is 16.4 Å². The number of nitrogens with two attached hydrogens (primary N) is 1. The van der Waals surface area contributed by atoms with Crippen molar-refractivity contribution < 1.29 is 9.18 Å². The summed E-state index contributed by atoms with van der Waals surface area (Å²) in [5.41, 5.74) is 7.39. The number of carbonyl (C=O) groups is 1. The number of thiocarbonyl (C=S) groups is 1. The number of hydrogen-bond donors (Lipinski definition) is 3. The molecule has 4 N–H and O–H groups in total. The highest BCUT2D eigenvalue weighted by Crippen LogP contribution is 2.19. The molecule has 2 rings (SSSR count).